The molecule has 1 heterocycles. The van der Waals surface area contributed by atoms with E-state index in [0.29, 0.717) is 11.7 Å². The molecule has 0 aromatic carbocycles. The first-order chi connectivity index (χ1) is 5.60. The Bertz CT molecular complexity index is 308. The zero-order chi connectivity index (χ0) is 9.19. The molecule has 3 nitrogen and oxygen atoms in total. The summed E-state index contributed by atoms with van der Waals surface area (Å²) < 4.78 is 15.6. The lowest BCUT2D eigenvalue weighted by Gasteiger charge is -2.15. The van der Waals surface area contributed by atoms with Crippen LogP contribution in [0, 0.1) is 17.4 Å². The normalized spacial score (nSPS) is 35.0. The highest BCUT2D eigenvalue weighted by Gasteiger charge is 2.31. The molecule has 0 saturated carbocycles. The number of hydrogen-bond acceptors (Lipinski definition) is 3. The summed E-state index contributed by atoms with van der Waals surface area (Å²) in [6.45, 7) is 4.09. The Morgan fingerprint density at radius 2 is 2.33 bits per heavy atom. The van der Waals surface area contributed by atoms with Crippen LogP contribution in [0.3, 0.4) is 0 Å². The van der Waals surface area contributed by atoms with E-state index in [1.807, 2.05) is 13.8 Å². The number of hydrogen-bond donors (Lipinski definition) is 0. The smallest absolute Gasteiger partial charge is 0.214 e. The van der Waals surface area contributed by atoms with Crippen molar-refractivity contribution in [1.82, 2.24) is 0 Å². The fraction of sp³-hybridized carbons (Fsp3) is 0.875. The van der Waals surface area contributed by atoms with Gasteiger partial charge in [0.2, 0.25) is 6.19 Å². The van der Waals surface area contributed by atoms with Crippen molar-refractivity contribution in [2.75, 3.05) is 5.75 Å². The second-order valence-electron chi connectivity index (χ2n) is 3.51. The first-order valence-electron chi connectivity index (χ1n) is 4.22. The maximum absolute atomic E-state index is 12.0. The summed E-state index contributed by atoms with van der Waals surface area (Å²) in [5.74, 6) is 0.987. The van der Waals surface area contributed by atoms with Crippen molar-refractivity contribution in [3.05, 3.63) is 0 Å². The molecule has 0 amide bonds. The molecule has 1 unspecified atom stereocenters. The monoisotopic (exact) mass is 186 g/mol. The SMILES string of the molecule is CC(C)C1CCC[S@@]1(=O)=NC#N. The van der Waals surface area contributed by atoms with Crippen molar-refractivity contribution in [2.24, 2.45) is 10.3 Å². The van der Waals surface area contributed by atoms with Gasteiger partial charge in [-0.05, 0) is 18.8 Å². The van der Waals surface area contributed by atoms with Gasteiger partial charge in [0.25, 0.3) is 0 Å². The van der Waals surface area contributed by atoms with Crippen molar-refractivity contribution in [2.45, 2.75) is 31.9 Å². The van der Waals surface area contributed by atoms with E-state index in [-0.39, 0.29) is 5.25 Å². The van der Waals surface area contributed by atoms with E-state index in [9.17, 15) is 4.21 Å². The Hall–Kier alpha value is -0.560. The third-order valence-electron chi connectivity index (χ3n) is 2.34. The molecular weight excluding hydrogens is 172 g/mol. The minimum absolute atomic E-state index is 0.136. The molecule has 68 valence electrons. The van der Waals surface area contributed by atoms with Crippen LogP contribution < -0.4 is 0 Å². The minimum atomic E-state index is -2.18. The summed E-state index contributed by atoms with van der Waals surface area (Å²) in [6.07, 6.45) is 3.60. The fourth-order valence-corrected chi connectivity index (χ4v) is 4.40. The molecule has 0 spiro atoms. The van der Waals surface area contributed by atoms with Crippen LogP contribution in [-0.4, -0.2) is 15.2 Å². The van der Waals surface area contributed by atoms with Crippen LogP contribution in [0.1, 0.15) is 26.7 Å². The molecule has 1 rings (SSSR count). The molecule has 1 fully saturated rings. The second kappa shape index (κ2) is 3.44. The first kappa shape index (κ1) is 9.53. The van der Waals surface area contributed by atoms with Gasteiger partial charge in [-0.15, -0.1) is 4.36 Å². The van der Waals surface area contributed by atoms with E-state index in [4.69, 9.17) is 5.26 Å². The van der Waals surface area contributed by atoms with Crippen LogP contribution in [0.2, 0.25) is 0 Å². The minimum Gasteiger partial charge on any atom is -0.248 e. The third kappa shape index (κ3) is 1.61. The second-order valence-corrected chi connectivity index (χ2v) is 6.09. The van der Waals surface area contributed by atoms with Gasteiger partial charge >= 0.3 is 0 Å². The lowest BCUT2D eigenvalue weighted by Crippen LogP contribution is -2.21. The quantitative estimate of drug-likeness (QED) is 0.586. The Morgan fingerprint density at radius 1 is 1.67 bits per heavy atom. The van der Waals surface area contributed by atoms with Gasteiger partial charge in [0.15, 0.2) is 0 Å². The highest BCUT2D eigenvalue weighted by Crippen LogP contribution is 2.28. The zero-order valence-corrected chi connectivity index (χ0v) is 8.30. The lowest BCUT2D eigenvalue weighted by molar-refractivity contribution is 0.569. The molecule has 1 aliphatic rings. The zero-order valence-electron chi connectivity index (χ0n) is 7.49. The van der Waals surface area contributed by atoms with Crippen molar-refractivity contribution in [1.29, 1.82) is 5.26 Å². The van der Waals surface area contributed by atoms with Crippen molar-refractivity contribution in [3.63, 3.8) is 0 Å². The molecular formula is C8H14N2OS. The molecule has 12 heavy (non-hydrogen) atoms. The largest absolute Gasteiger partial charge is 0.248 e. The molecule has 0 aliphatic carbocycles. The number of nitriles is 1. The standard InChI is InChI=1S/C8H14N2OS/c1-7(2)8-4-3-5-12(8,11)10-6-9/h7-8H,3-5H2,1-2H3/t8?,12-/m0/s1. The average molecular weight is 186 g/mol. The molecule has 2 atom stereocenters. The van der Waals surface area contributed by atoms with E-state index in [0.717, 1.165) is 12.8 Å². The van der Waals surface area contributed by atoms with Gasteiger partial charge in [-0.25, -0.2) is 4.21 Å². The molecule has 0 N–H and O–H groups in total. The van der Waals surface area contributed by atoms with E-state index >= 15 is 0 Å². The molecule has 0 aromatic rings. The summed E-state index contributed by atoms with van der Waals surface area (Å²) in [5.41, 5.74) is 0. The van der Waals surface area contributed by atoms with Gasteiger partial charge < -0.3 is 0 Å². The summed E-state index contributed by atoms with van der Waals surface area (Å²) in [5, 5.41) is 8.53. The Kier molecular flexibility index (Phi) is 2.73. The van der Waals surface area contributed by atoms with E-state index < -0.39 is 9.73 Å². The Balaban J connectivity index is 3.00. The summed E-state index contributed by atoms with van der Waals surface area (Å²) in [4.78, 5) is 0. The molecule has 0 bridgehead atoms. The predicted octanol–water partition coefficient (Wildman–Crippen LogP) is 1.75. The van der Waals surface area contributed by atoms with Crippen molar-refractivity contribution < 1.29 is 4.21 Å². The molecule has 1 aliphatic heterocycles. The number of nitrogens with zero attached hydrogens (tertiary/aromatic N) is 2. The lowest BCUT2D eigenvalue weighted by atomic mass is 10.1. The Labute approximate surface area is 74.0 Å². The van der Waals surface area contributed by atoms with Gasteiger partial charge in [-0.1, -0.05) is 13.8 Å². The molecule has 1 saturated heterocycles. The van der Waals surface area contributed by atoms with Crippen LogP contribution in [0.25, 0.3) is 0 Å². The van der Waals surface area contributed by atoms with Gasteiger partial charge in [-0.2, -0.15) is 5.26 Å². The van der Waals surface area contributed by atoms with Crippen LogP contribution in [0.15, 0.2) is 4.36 Å². The van der Waals surface area contributed by atoms with E-state index in [1.54, 1.807) is 6.19 Å². The van der Waals surface area contributed by atoms with Gasteiger partial charge in [0.05, 0.1) is 9.73 Å². The maximum atomic E-state index is 12.0. The highest BCUT2D eigenvalue weighted by atomic mass is 32.2. The van der Waals surface area contributed by atoms with E-state index in [1.165, 1.54) is 0 Å². The molecule has 4 heteroatoms. The van der Waals surface area contributed by atoms with Crippen molar-refractivity contribution >= 4 is 9.73 Å². The van der Waals surface area contributed by atoms with Gasteiger partial charge in [0, 0.05) is 11.0 Å². The maximum Gasteiger partial charge on any atom is 0.214 e. The number of rotatable bonds is 1. The van der Waals surface area contributed by atoms with Crippen LogP contribution in [-0.2, 0) is 9.73 Å². The topological polar surface area (TPSA) is 53.2 Å². The third-order valence-corrected chi connectivity index (χ3v) is 5.33. The molecule has 0 aromatic heterocycles. The van der Waals surface area contributed by atoms with Crippen LogP contribution in [0.5, 0.6) is 0 Å². The van der Waals surface area contributed by atoms with Crippen LogP contribution in [0.4, 0.5) is 0 Å². The van der Waals surface area contributed by atoms with Crippen molar-refractivity contribution in [3.8, 4) is 6.19 Å². The summed E-state index contributed by atoms with van der Waals surface area (Å²) in [7, 11) is -2.18. The van der Waals surface area contributed by atoms with Gasteiger partial charge in [-0.3, -0.25) is 0 Å². The fourth-order valence-electron chi connectivity index (χ4n) is 1.77. The molecule has 0 radical (unpaired) electrons. The summed E-state index contributed by atoms with van der Waals surface area (Å²) >= 11 is 0. The van der Waals surface area contributed by atoms with Gasteiger partial charge in [0.1, 0.15) is 0 Å². The van der Waals surface area contributed by atoms with E-state index in [2.05, 4.69) is 4.36 Å². The predicted molar refractivity (Wildman–Crippen MR) is 48.9 cm³/mol. The average Bonchev–Trinajstić information content (AvgIpc) is 2.32. The summed E-state index contributed by atoms with van der Waals surface area (Å²) in [6, 6.07) is 0. The van der Waals surface area contributed by atoms with Crippen LogP contribution >= 0.6 is 0 Å². The Morgan fingerprint density at radius 3 is 2.83 bits per heavy atom. The highest BCUT2D eigenvalue weighted by molar-refractivity contribution is 7.94. The first-order valence-corrected chi connectivity index (χ1v) is 5.96.